The largest absolute Gasteiger partial charge is 0.482 e. The summed E-state index contributed by atoms with van der Waals surface area (Å²) in [5.41, 5.74) is 2.29. The van der Waals surface area contributed by atoms with Crippen LogP contribution in [0.4, 0.5) is 5.69 Å². The van der Waals surface area contributed by atoms with Gasteiger partial charge in [-0.1, -0.05) is 0 Å². The number of aryl methyl sites for hydroxylation is 1. The van der Waals surface area contributed by atoms with Crippen molar-refractivity contribution in [3.8, 4) is 5.75 Å². The van der Waals surface area contributed by atoms with Crippen molar-refractivity contribution in [1.29, 1.82) is 0 Å². The molecular formula is C20H20N2O5. The number of carbonyl (C=O) groups excluding carboxylic acids is 2. The zero-order valence-corrected chi connectivity index (χ0v) is 14.8. The Morgan fingerprint density at radius 1 is 1.04 bits per heavy atom. The number of aliphatic carboxylic acids is 1. The molecule has 2 aromatic carbocycles. The minimum Gasteiger partial charge on any atom is -0.482 e. The second-order valence-corrected chi connectivity index (χ2v) is 6.44. The monoisotopic (exact) mass is 368 g/mol. The fraction of sp³-hybridized carbons (Fsp3) is 0.250. The Kier molecular flexibility index (Phi) is 5.40. The van der Waals surface area contributed by atoms with Crippen LogP contribution in [0.1, 0.15) is 39.1 Å². The number of ether oxygens (including phenoxy) is 1. The lowest BCUT2D eigenvalue weighted by molar-refractivity contribution is -0.139. The topological polar surface area (TPSA) is 105 Å². The average Bonchev–Trinajstić information content (AvgIpc) is 3.46. The molecule has 1 fully saturated rings. The number of amides is 2. The van der Waals surface area contributed by atoms with Crippen LogP contribution in [0, 0.1) is 6.92 Å². The van der Waals surface area contributed by atoms with Crippen molar-refractivity contribution in [3.05, 3.63) is 59.2 Å². The fourth-order valence-electron chi connectivity index (χ4n) is 2.48. The van der Waals surface area contributed by atoms with Crippen LogP contribution >= 0.6 is 0 Å². The Morgan fingerprint density at radius 3 is 2.22 bits per heavy atom. The van der Waals surface area contributed by atoms with E-state index in [4.69, 9.17) is 9.84 Å². The zero-order valence-electron chi connectivity index (χ0n) is 14.8. The molecule has 3 N–H and O–H groups in total. The number of hydrogen-bond acceptors (Lipinski definition) is 4. The molecular weight excluding hydrogens is 348 g/mol. The number of carbonyl (C=O) groups is 3. The first-order valence-electron chi connectivity index (χ1n) is 8.60. The highest BCUT2D eigenvalue weighted by Crippen LogP contribution is 2.22. The Morgan fingerprint density at radius 2 is 1.67 bits per heavy atom. The zero-order chi connectivity index (χ0) is 19.4. The first kappa shape index (κ1) is 18.4. The van der Waals surface area contributed by atoms with Crippen LogP contribution in [-0.4, -0.2) is 35.5 Å². The standard InChI is InChI=1S/C20H20N2O5/c1-12-10-16(27-11-18(23)24)8-9-17(12)22-20(26)14-4-2-13(3-5-14)19(25)21-15-6-7-15/h2-5,8-10,15H,6-7,11H2,1H3,(H,21,25)(H,22,26)(H,23,24). The van der Waals surface area contributed by atoms with Gasteiger partial charge in [-0.05, 0) is 67.8 Å². The van der Waals surface area contributed by atoms with E-state index in [0.717, 1.165) is 18.4 Å². The molecule has 7 nitrogen and oxygen atoms in total. The van der Waals surface area contributed by atoms with E-state index in [1.54, 1.807) is 49.4 Å². The summed E-state index contributed by atoms with van der Waals surface area (Å²) in [5.74, 6) is -1.07. The second kappa shape index (κ2) is 7.90. The van der Waals surface area contributed by atoms with Gasteiger partial charge < -0.3 is 20.5 Å². The Hall–Kier alpha value is -3.35. The van der Waals surface area contributed by atoms with Crippen LogP contribution < -0.4 is 15.4 Å². The molecule has 27 heavy (non-hydrogen) atoms. The van der Waals surface area contributed by atoms with Crippen LogP contribution in [0.2, 0.25) is 0 Å². The van der Waals surface area contributed by atoms with Crippen molar-refractivity contribution in [2.24, 2.45) is 0 Å². The van der Waals surface area contributed by atoms with Gasteiger partial charge in [0, 0.05) is 22.9 Å². The Balaban J connectivity index is 1.62. The highest BCUT2D eigenvalue weighted by molar-refractivity contribution is 6.05. The summed E-state index contributed by atoms with van der Waals surface area (Å²) < 4.78 is 5.11. The van der Waals surface area contributed by atoms with E-state index in [0.29, 0.717) is 22.6 Å². The maximum Gasteiger partial charge on any atom is 0.341 e. The van der Waals surface area contributed by atoms with Crippen LogP contribution in [0.3, 0.4) is 0 Å². The van der Waals surface area contributed by atoms with Gasteiger partial charge in [0.2, 0.25) is 0 Å². The van der Waals surface area contributed by atoms with E-state index in [9.17, 15) is 14.4 Å². The summed E-state index contributed by atoms with van der Waals surface area (Å²) in [4.78, 5) is 34.9. The van der Waals surface area contributed by atoms with Gasteiger partial charge in [-0.25, -0.2) is 4.79 Å². The Bertz CT molecular complexity index is 872. The van der Waals surface area contributed by atoms with E-state index >= 15 is 0 Å². The number of carboxylic acids is 1. The van der Waals surface area contributed by atoms with Crippen LogP contribution in [-0.2, 0) is 4.79 Å². The van der Waals surface area contributed by atoms with E-state index in [1.807, 2.05) is 0 Å². The summed E-state index contributed by atoms with van der Waals surface area (Å²) in [6.45, 7) is 1.36. The summed E-state index contributed by atoms with van der Waals surface area (Å²) >= 11 is 0. The number of nitrogens with one attached hydrogen (secondary N) is 2. The van der Waals surface area contributed by atoms with Crippen molar-refractivity contribution < 1.29 is 24.2 Å². The molecule has 0 radical (unpaired) electrons. The second-order valence-electron chi connectivity index (χ2n) is 6.44. The lowest BCUT2D eigenvalue weighted by atomic mass is 10.1. The van der Waals surface area contributed by atoms with Crippen molar-refractivity contribution >= 4 is 23.5 Å². The third-order valence-corrected chi connectivity index (χ3v) is 4.13. The van der Waals surface area contributed by atoms with Gasteiger partial charge in [0.25, 0.3) is 11.8 Å². The molecule has 3 rings (SSSR count). The minimum absolute atomic E-state index is 0.128. The number of rotatable bonds is 7. The SMILES string of the molecule is Cc1cc(OCC(=O)O)ccc1NC(=O)c1ccc(C(=O)NC2CC2)cc1. The van der Waals surface area contributed by atoms with Gasteiger partial charge in [-0.3, -0.25) is 9.59 Å². The summed E-state index contributed by atoms with van der Waals surface area (Å²) in [6.07, 6.45) is 2.04. The van der Waals surface area contributed by atoms with Crippen molar-refractivity contribution in [1.82, 2.24) is 5.32 Å². The molecule has 7 heteroatoms. The van der Waals surface area contributed by atoms with Crippen molar-refractivity contribution in [2.45, 2.75) is 25.8 Å². The van der Waals surface area contributed by atoms with Gasteiger partial charge >= 0.3 is 5.97 Å². The molecule has 1 saturated carbocycles. The molecule has 0 bridgehead atoms. The van der Waals surface area contributed by atoms with Gasteiger partial charge in [0.05, 0.1) is 0 Å². The van der Waals surface area contributed by atoms with Gasteiger partial charge in [-0.15, -0.1) is 0 Å². The summed E-state index contributed by atoms with van der Waals surface area (Å²) in [6, 6.07) is 11.7. The van der Waals surface area contributed by atoms with Crippen molar-refractivity contribution in [2.75, 3.05) is 11.9 Å². The van der Waals surface area contributed by atoms with Gasteiger partial charge in [-0.2, -0.15) is 0 Å². The Labute approximate surface area is 156 Å². The normalized spacial score (nSPS) is 12.9. The van der Waals surface area contributed by atoms with Gasteiger partial charge in [0.15, 0.2) is 6.61 Å². The van der Waals surface area contributed by atoms with Crippen molar-refractivity contribution in [3.63, 3.8) is 0 Å². The molecule has 0 unspecified atom stereocenters. The van der Waals surface area contributed by atoms with E-state index < -0.39 is 12.6 Å². The molecule has 1 aliphatic rings. The average molecular weight is 368 g/mol. The maximum absolute atomic E-state index is 12.4. The van der Waals surface area contributed by atoms with E-state index in [2.05, 4.69) is 10.6 Å². The molecule has 2 aromatic rings. The predicted octanol–water partition coefficient (Wildman–Crippen LogP) is 2.60. The van der Waals surface area contributed by atoms with Gasteiger partial charge in [0.1, 0.15) is 5.75 Å². The van der Waals surface area contributed by atoms with Crippen LogP contribution in [0.5, 0.6) is 5.75 Å². The summed E-state index contributed by atoms with van der Waals surface area (Å²) in [5, 5.41) is 14.3. The van der Waals surface area contributed by atoms with E-state index in [-0.39, 0.29) is 17.9 Å². The van der Waals surface area contributed by atoms with Crippen LogP contribution in [0.15, 0.2) is 42.5 Å². The molecule has 0 aromatic heterocycles. The van der Waals surface area contributed by atoms with E-state index in [1.165, 1.54) is 0 Å². The molecule has 2 amide bonds. The number of carboxylic acid groups (broad SMARTS) is 1. The lowest BCUT2D eigenvalue weighted by Gasteiger charge is -2.11. The number of anilines is 1. The highest BCUT2D eigenvalue weighted by Gasteiger charge is 2.23. The molecule has 0 spiro atoms. The summed E-state index contributed by atoms with van der Waals surface area (Å²) in [7, 11) is 0. The smallest absolute Gasteiger partial charge is 0.341 e. The molecule has 0 heterocycles. The first-order valence-corrected chi connectivity index (χ1v) is 8.60. The number of benzene rings is 2. The third-order valence-electron chi connectivity index (χ3n) is 4.13. The molecule has 0 aliphatic heterocycles. The number of hydrogen-bond donors (Lipinski definition) is 3. The fourth-order valence-corrected chi connectivity index (χ4v) is 2.48. The highest BCUT2D eigenvalue weighted by atomic mass is 16.5. The predicted molar refractivity (Wildman–Crippen MR) is 99.2 cm³/mol. The molecule has 0 atom stereocenters. The third kappa shape index (κ3) is 5.07. The maximum atomic E-state index is 12.4. The molecule has 0 saturated heterocycles. The lowest BCUT2D eigenvalue weighted by Crippen LogP contribution is -2.25. The molecule has 140 valence electrons. The van der Waals surface area contributed by atoms with Crippen LogP contribution in [0.25, 0.3) is 0 Å². The quantitative estimate of drug-likeness (QED) is 0.697. The first-order chi connectivity index (χ1) is 12.9. The molecule has 1 aliphatic carbocycles. The minimum atomic E-state index is -1.06.